The number of nitrogens with zero attached hydrogens (tertiary/aromatic N) is 3. The smallest absolute Gasteiger partial charge is 0.0725 e. The molecule has 0 aliphatic rings. The maximum absolute atomic E-state index is 4.15. The summed E-state index contributed by atoms with van der Waals surface area (Å²) in [4.78, 5) is 0. The molecule has 0 saturated carbocycles. The average molecular weight is 241 g/mol. The van der Waals surface area contributed by atoms with E-state index in [9.17, 15) is 0 Å². The Morgan fingerprint density at radius 3 is 2.88 bits per heavy atom. The summed E-state index contributed by atoms with van der Waals surface area (Å²) in [6.07, 6.45) is 8.87. The van der Waals surface area contributed by atoms with Crippen LogP contribution in [0, 0.1) is 5.92 Å². The van der Waals surface area contributed by atoms with Gasteiger partial charge in [0, 0.05) is 6.54 Å². The standard InChI is InChI=1S/C12H23N3S/c1-11(2)6-7-12-10-13-14-15(12)8-4-5-9-16-3/h10-11H,4-9H2,1-3H3. The summed E-state index contributed by atoms with van der Waals surface area (Å²) in [6, 6.07) is 0. The van der Waals surface area contributed by atoms with E-state index < -0.39 is 0 Å². The van der Waals surface area contributed by atoms with Crippen molar-refractivity contribution in [3.8, 4) is 0 Å². The quantitative estimate of drug-likeness (QED) is 0.656. The fourth-order valence-electron chi connectivity index (χ4n) is 1.61. The molecule has 0 spiro atoms. The van der Waals surface area contributed by atoms with Crippen LogP contribution in [0.3, 0.4) is 0 Å². The third-order valence-corrected chi connectivity index (χ3v) is 3.34. The van der Waals surface area contributed by atoms with E-state index in [-0.39, 0.29) is 0 Å². The molecule has 0 atom stereocenters. The van der Waals surface area contributed by atoms with Crippen molar-refractivity contribution < 1.29 is 0 Å². The summed E-state index contributed by atoms with van der Waals surface area (Å²) in [6.45, 7) is 5.53. The molecular weight excluding hydrogens is 218 g/mol. The molecule has 0 bridgehead atoms. The molecule has 0 fully saturated rings. The van der Waals surface area contributed by atoms with Crippen molar-refractivity contribution in [1.29, 1.82) is 0 Å². The molecular formula is C12H23N3S. The van der Waals surface area contributed by atoms with Gasteiger partial charge in [-0.2, -0.15) is 11.8 Å². The van der Waals surface area contributed by atoms with Crippen molar-refractivity contribution in [2.75, 3.05) is 12.0 Å². The topological polar surface area (TPSA) is 30.7 Å². The monoisotopic (exact) mass is 241 g/mol. The van der Waals surface area contributed by atoms with Crippen LogP contribution in [-0.2, 0) is 13.0 Å². The Balaban J connectivity index is 2.32. The molecule has 0 aromatic carbocycles. The first-order valence-electron chi connectivity index (χ1n) is 6.10. The van der Waals surface area contributed by atoms with Gasteiger partial charge in [-0.1, -0.05) is 19.1 Å². The van der Waals surface area contributed by atoms with Crippen LogP contribution in [0.25, 0.3) is 0 Å². The Morgan fingerprint density at radius 2 is 2.19 bits per heavy atom. The molecule has 0 unspecified atom stereocenters. The minimum atomic E-state index is 0.750. The van der Waals surface area contributed by atoms with Gasteiger partial charge in [-0.15, -0.1) is 5.10 Å². The largest absolute Gasteiger partial charge is 0.249 e. The van der Waals surface area contributed by atoms with Crippen LogP contribution in [0.4, 0.5) is 0 Å². The summed E-state index contributed by atoms with van der Waals surface area (Å²) in [7, 11) is 0. The SMILES string of the molecule is CSCCCCn1nncc1CCC(C)C. The van der Waals surface area contributed by atoms with E-state index in [1.165, 1.54) is 30.7 Å². The number of rotatable bonds is 8. The normalized spacial score (nSPS) is 11.2. The molecule has 0 aliphatic heterocycles. The van der Waals surface area contributed by atoms with Gasteiger partial charge >= 0.3 is 0 Å². The summed E-state index contributed by atoms with van der Waals surface area (Å²) < 4.78 is 2.07. The zero-order chi connectivity index (χ0) is 11.8. The highest BCUT2D eigenvalue weighted by Gasteiger charge is 2.04. The lowest BCUT2D eigenvalue weighted by Gasteiger charge is -2.07. The van der Waals surface area contributed by atoms with Crippen LogP contribution in [0.1, 0.15) is 38.8 Å². The van der Waals surface area contributed by atoms with Crippen molar-refractivity contribution in [2.45, 2.75) is 46.1 Å². The first-order valence-corrected chi connectivity index (χ1v) is 7.49. The number of hydrogen-bond acceptors (Lipinski definition) is 3. The highest BCUT2D eigenvalue weighted by molar-refractivity contribution is 7.98. The molecule has 4 heteroatoms. The lowest BCUT2D eigenvalue weighted by atomic mass is 10.1. The van der Waals surface area contributed by atoms with Crippen molar-refractivity contribution in [1.82, 2.24) is 15.0 Å². The number of hydrogen-bond donors (Lipinski definition) is 0. The molecule has 0 amide bonds. The molecule has 3 nitrogen and oxygen atoms in total. The number of unbranched alkanes of at least 4 members (excludes halogenated alkanes) is 1. The molecule has 1 aromatic rings. The Hall–Kier alpha value is -0.510. The molecule has 16 heavy (non-hydrogen) atoms. The third-order valence-electron chi connectivity index (χ3n) is 2.64. The van der Waals surface area contributed by atoms with Crippen LogP contribution < -0.4 is 0 Å². The summed E-state index contributed by atoms with van der Waals surface area (Å²) in [5.41, 5.74) is 1.29. The Kier molecular flexibility index (Phi) is 6.53. The summed E-state index contributed by atoms with van der Waals surface area (Å²) in [5, 5.41) is 8.16. The van der Waals surface area contributed by atoms with Crippen LogP contribution in [0.5, 0.6) is 0 Å². The average Bonchev–Trinajstić information content (AvgIpc) is 2.69. The fourth-order valence-corrected chi connectivity index (χ4v) is 2.10. The van der Waals surface area contributed by atoms with E-state index in [1.54, 1.807) is 0 Å². The predicted molar refractivity (Wildman–Crippen MR) is 70.8 cm³/mol. The zero-order valence-corrected chi connectivity index (χ0v) is 11.5. The van der Waals surface area contributed by atoms with E-state index in [2.05, 4.69) is 35.1 Å². The predicted octanol–water partition coefficient (Wildman–Crippen LogP) is 3.01. The van der Waals surface area contributed by atoms with Crippen molar-refractivity contribution in [2.24, 2.45) is 5.92 Å². The van der Waals surface area contributed by atoms with E-state index in [4.69, 9.17) is 0 Å². The Morgan fingerprint density at radius 1 is 1.38 bits per heavy atom. The Labute approximate surface area is 103 Å². The second-order valence-electron chi connectivity index (χ2n) is 4.58. The van der Waals surface area contributed by atoms with Gasteiger partial charge in [-0.3, -0.25) is 0 Å². The highest BCUT2D eigenvalue weighted by Crippen LogP contribution is 2.09. The van der Waals surface area contributed by atoms with Crippen LogP contribution in [-0.4, -0.2) is 27.0 Å². The van der Waals surface area contributed by atoms with Gasteiger partial charge in [0.25, 0.3) is 0 Å². The van der Waals surface area contributed by atoms with E-state index in [1.807, 2.05) is 18.0 Å². The number of thioether (sulfide) groups is 1. The summed E-state index contributed by atoms with van der Waals surface area (Å²) >= 11 is 1.91. The maximum atomic E-state index is 4.15. The maximum Gasteiger partial charge on any atom is 0.0725 e. The van der Waals surface area contributed by atoms with Gasteiger partial charge in [-0.25, -0.2) is 4.68 Å². The lowest BCUT2D eigenvalue weighted by molar-refractivity contribution is 0.511. The highest BCUT2D eigenvalue weighted by atomic mass is 32.2. The molecule has 0 aliphatic carbocycles. The van der Waals surface area contributed by atoms with Crippen LogP contribution in [0.15, 0.2) is 6.20 Å². The van der Waals surface area contributed by atoms with Gasteiger partial charge in [0.1, 0.15) is 0 Å². The van der Waals surface area contributed by atoms with Gasteiger partial charge < -0.3 is 0 Å². The second-order valence-corrected chi connectivity index (χ2v) is 5.57. The zero-order valence-electron chi connectivity index (χ0n) is 10.6. The third kappa shape index (κ3) is 5.01. The van der Waals surface area contributed by atoms with E-state index in [0.717, 1.165) is 18.9 Å². The van der Waals surface area contributed by atoms with Crippen LogP contribution in [0.2, 0.25) is 0 Å². The molecule has 0 saturated heterocycles. The second kappa shape index (κ2) is 7.71. The van der Waals surface area contributed by atoms with E-state index >= 15 is 0 Å². The van der Waals surface area contributed by atoms with Gasteiger partial charge in [0.15, 0.2) is 0 Å². The first kappa shape index (κ1) is 13.6. The fraction of sp³-hybridized carbons (Fsp3) is 0.833. The molecule has 0 radical (unpaired) electrons. The van der Waals surface area contributed by atoms with Gasteiger partial charge in [0.2, 0.25) is 0 Å². The molecule has 92 valence electrons. The van der Waals surface area contributed by atoms with E-state index in [0.29, 0.717) is 0 Å². The number of aromatic nitrogens is 3. The molecule has 1 aromatic heterocycles. The van der Waals surface area contributed by atoms with Gasteiger partial charge in [-0.05, 0) is 43.6 Å². The van der Waals surface area contributed by atoms with Gasteiger partial charge in [0.05, 0.1) is 11.9 Å². The molecule has 0 N–H and O–H groups in total. The summed E-state index contributed by atoms with van der Waals surface area (Å²) in [5.74, 6) is 2.00. The number of aryl methyl sites for hydroxylation is 2. The first-order chi connectivity index (χ1) is 7.74. The van der Waals surface area contributed by atoms with Crippen LogP contribution >= 0.6 is 11.8 Å². The molecule has 1 rings (SSSR count). The lowest BCUT2D eigenvalue weighted by Crippen LogP contribution is -2.06. The Bertz CT molecular complexity index is 284. The molecule has 1 heterocycles. The van der Waals surface area contributed by atoms with Crippen molar-refractivity contribution in [3.05, 3.63) is 11.9 Å². The minimum Gasteiger partial charge on any atom is -0.249 e. The van der Waals surface area contributed by atoms with Crippen molar-refractivity contribution >= 4 is 11.8 Å². The van der Waals surface area contributed by atoms with Crippen molar-refractivity contribution in [3.63, 3.8) is 0 Å². The minimum absolute atomic E-state index is 0.750.